The van der Waals surface area contributed by atoms with E-state index in [1.54, 1.807) is 0 Å². The van der Waals surface area contributed by atoms with Gasteiger partial charge in [-0.3, -0.25) is 14.9 Å². The first-order chi connectivity index (χ1) is 7.54. The molecular formula is C10H7NO4S. The molecule has 2 amide bonds. The molecule has 0 aromatic heterocycles. The second kappa shape index (κ2) is 3.90. The lowest BCUT2D eigenvalue weighted by molar-refractivity contribution is -0.115. The molecule has 1 aromatic carbocycles. The number of amides is 2. The lowest BCUT2D eigenvalue weighted by Gasteiger charge is -1.98. The van der Waals surface area contributed by atoms with Gasteiger partial charge in [0.05, 0.1) is 4.91 Å². The summed E-state index contributed by atoms with van der Waals surface area (Å²) < 4.78 is 0. The summed E-state index contributed by atoms with van der Waals surface area (Å²) in [6.45, 7) is 0. The number of aromatic hydroxyl groups is 2. The molecule has 3 N–H and O–H groups in total. The van der Waals surface area contributed by atoms with Crippen molar-refractivity contribution in [1.82, 2.24) is 5.32 Å². The first kappa shape index (κ1) is 10.6. The minimum Gasteiger partial charge on any atom is -0.508 e. The highest BCUT2D eigenvalue weighted by atomic mass is 32.2. The van der Waals surface area contributed by atoms with Crippen molar-refractivity contribution >= 4 is 29.0 Å². The molecule has 82 valence electrons. The van der Waals surface area contributed by atoms with E-state index < -0.39 is 11.1 Å². The highest BCUT2D eigenvalue weighted by Gasteiger charge is 2.24. The highest BCUT2D eigenvalue weighted by molar-refractivity contribution is 8.18. The molecule has 0 bridgehead atoms. The van der Waals surface area contributed by atoms with Crippen LogP contribution in [0.2, 0.25) is 0 Å². The molecule has 0 spiro atoms. The van der Waals surface area contributed by atoms with Gasteiger partial charge in [0.15, 0.2) is 0 Å². The van der Waals surface area contributed by atoms with Crippen LogP contribution < -0.4 is 5.32 Å². The summed E-state index contributed by atoms with van der Waals surface area (Å²) >= 11 is 0.778. The second-order valence-electron chi connectivity index (χ2n) is 3.13. The number of carbonyl (C=O) groups excluding carboxylic acids is 2. The molecule has 6 heteroatoms. The molecule has 16 heavy (non-hydrogen) atoms. The topological polar surface area (TPSA) is 86.6 Å². The largest absolute Gasteiger partial charge is 0.508 e. The Morgan fingerprint density at radius 3 is 2.25 bits per heavy atom. The average Bonchev–Trinajstić information content (AvgIpc) is 2.43. The fourth-order valence-corrected chi connectivity index (χ4v) is 1.96. The minimum absolute atomic E-state index is 0.110. The third kappa shape index (κ3) is 2.17. The van der Waals surface area contributed by atoms with E-state index in [-0.39, 0.29) is 16.4 Å². The standard InChI is InChI=1S/C10H7NO4S/c12-6-1-5(2-7(13)4-6)3-8-9(14)11-10(15)16-8/h1-4,12-13H,(H,11,14,15)/b8-3-. The molecule has 1 saturated heterocycles. The van der Waals surface area contributed by atoms with E-state index >= 15 is 0 Å². The average molecular weight is 237 g/mol. The van der Waals surface area contributed by atoms with Crippen LogP contribution in [-0.2, 0) is 4.79 Å². The molecule has 0 radical (unpaired) electrons. The van der Waals surface area contributed by atoms with Crippen molar-refractivity contribution in [1.29, 1.82) is 0 Å². The molecule has 1 heterocycles. The molecule has 1 aromatic rings. The normalized spacial score (nSPS) is 17.9. The van der Waals surface area contributed by atoms with Crippen LogP contribution in [0.25, 0.3) is 6.08 Å². The van der Waals surface area contributed by atoms with Crippen molar-refractivity contribution in [3.8, 4) is 11.5 Å². The first-order valence-electron chi connectivity index (χ1n) is 4.32. The predicted octanol–water partition coefficient (Wildman–Crippen LogP) is 1.42. The summed E-state index contributed by atoms with van der Waals surface area (Å²) in [4.78, 5) is 22.3. The molecule has 1 aliphatic rings. The zero-order chi connectivity index (χ0) is 11.7. The maximum atomic E-state index is 11.2. The Morgan fingerprint density at radius 1 is 1.12 bits per heavy atom. The van der Waals surface area contributed by atoms with Gasteiger partial charge >= 0.3 is 0 Å². The molecule has 0 saturated carbocycles. The van der Waals surface area contributed by atoms with Gasteiger partial charge in [-0.2, -0.15) is 0 Å². The summed E-state index contributed by atoms with van der Waals surface area (Å²) in [5, 5.41) is 20.1. The summed E-state index contributed by atoms with van der Waals surface area (Å²) in [6, 6.07) is 3.93. The number of phenols is 2. The van der Waals surface area contributed by atoms with Crippen LogP contribution in [0.4, 0.5) is 4.79 Å². The van der Waals surface area contributed by atoms with Gasteiger partial charge in [-0.25, -0.2) is 0 Å². The summed E-state index contributed by atoms with van der Waals surface area (Å²) in [6.07, 6.45) is 1.42. The number of hydrogen-bond acceptors (Lipinski definition) is 5. The van der Waals surface area contributed by atoms with Crippen LogP contribution >= 0.6 is 11.8 Å². The number of phenolic OH excluding ortho intramolecular Hbond substituents is 2. The Kier molecular flexibility index (Phi) is 2.57. The minimum atomic E-state index is -0.474. The molecule has 2 rings (SSSR count). The van der Waals surface area contributed by atoms with E-state index in [2.05, 4.69) is 5.32 Å². The van der Waals surface area contributed by atoms with Crippen LogP contribution in [0.15, 0.2) is 23.1 Å². The number of carbonyl (C=O) groups is 2. The quantitative estimate of drug-likeness (QED) is 0.643. The second-order valence-corrected chi connectivity index (χ2v) is 4.15. The van der Waals surface area contributed by atoms with Gasteiger partial charge in [0.1, 0.15) is 11.5 Å². The van der Waals surface area contributed by atoms with E-state index in [0.717, 1.165) is 11.8 Å². The Morgan fingerprint density at radius 2 is 1.75 bits per heavy atom. The number of rotatable bonds is 1. The summed E-state index contributed by atoms with van der Waals surface area (Å²) in [5.41, 5.74) is 0.449. The number of thioether (sulfide) groups is 1. The number of imide groups is 1. The SMILES string of the molecule is O=C1NC(=O)/C(=C/c2cc(O)cc(O)c2)S1. The van der Waals surface area contributed by atoms with Crippen molar-refractivity contribution in [2.45, 2.75) is 0 Å². The van der Waals surface area contributed by atoms with E-state index in [9.17, 15) is 19.8 Å². The van der Waals surface area contributed by atoms with E-state index in [1.165, 1.54) is 24.3 Å². The Labute approximate surface area is 94.8 Å². The van der Waals surface area contributed by atoms with Crippen molar-refractivity contribution in [2.24, 2.45) is 0 Å². The van der Waals surface area contributed by atoms with Crippen LogP contribution in [-0.4, -0.2) is 21.4 Å². The summed E-state index contributed by atoms with van der Waals surface area (Å²) in [7, 11) is 0. The smallest absolute Gasteiger partial charge is 0.290 e. The molecule has 0 aliphatic carbocycles. The van der Waals surface area contributed by atoms with E-state index in [0.29, 0.717) is 5.56 Å². The monoisotopic (exact) mass is 237 g/mol. The van der Waals surface area contributed by atoms with Gasteiger partial charge < -0.3 is 10.2 Å². The van der Waals surface area contributed by atoms with Gasteiger partial charge in [-0.15, -0.1) is 0 Å². The third-order valence-electron chi connectivity index (χ3n) is 1.86. The molecule has 1 aliphatic heterocycles. The molecule has 5 nitrogen and oxygen atoms in total. The highest BCUT2D eigenvalue weighted by Crippen LogP contribution is 2.28. The van der Waals surface area contributed by atoms with E-state index in [1.807, 2.05) is 0 Å². The fourth-order valence-electron chi connectivity index (χ4n) is 1.27. The maximum absolute atomic E-state index is 11.2. The lowest BCUT2D eigenvalue weighted by atomic mass is 10.2. The van der Waals surface area contributed by atoms with Gasteiger partial charge in [-0.1, -0.05) is 0 Å². The van der Waals surface area contributed by atoms with Crippen molar-refractivity contribution in [2.75, 3.05) is 0 Å². The van der Waals surface area contributed by atoms with Crippen molar-refractivity contribution < 1.29 is 19.8 Å². The molecule has 0 atom stereocenters. The Hall–Kier alpha value is -1.95. The fraction of sp³-hybridized carbons (Fsp3) is 0. The van der Waals surface area contributed by atoms with Crippen LogP contribution in [0.5, 0.6) is 11.5 Å². The van der Waals surface area contributed by atoms with Crippen LogP contribution in [0.1, 0.15) is 5.56 Å². The van der Waals surface area contributed by atoms with Gasteiger partial charge in [0.25, 0.3) is 11.1 Å². The van der Waals surface area contributed by atoms with Gasteiger partial charge in [-0.05, 0) is 35.5 Å². The molecule has 1 fully saturated rings. The van der Waals surface area contributed by atoms with Gasteiger partial charge in [0, 0.05) is 6.07 Å². The molecule has 0 unspecified atom stereocenters. The first-order valence-corrected chi connectivity index (χ1v) is 5.14. The third-order valence-corrected chi connectivity index (χ3v) is 2.68. The number of benzene rings is 1. The zero-order valence-corrected chi connectivity index (χ0v) is 8.75. The summed E-state index contributed by atoms with van der Waals surface area (Å²) in [5.74, 6) is -0.694. The Bertz CT molecular complexity index is 489. The maximum Gasteiger partial charge on any atom is 0.290 e. The lowest BCUT2D eigenvalue weighted by Crippen LogP contribution is -2.17. The van der Waals surface area contributed by atoms with Crippen molar-refractivity contribution in [3.63, 3.8) is 0 Å². The van der Waals surface area contributed by atoms with Crippen LogP contribution in [0, 0.1) is 0 Å². The van der Waals surface area contributed by atoms with Crippen LogP contribution in [0.3, 0.4) is 0 Å². The number of hydrogen-bond donors (Lipinski definition) is 3. The molecular weight excluding hydrogens is 230 g/mol. The zero-order valence-electron chi connectivity index (χ0n) is 7.93. The number of nitrogens with one attached hydrogen (secondary N) is 1. The predicted molar refractivity (Wildman–Crippen MR) is 58.9 cm³/mol. The van der Waals surface area contributed by atoms with Gasteiger partial charge in [0.2, 0.25) is 0 Å². The van der Waals surface area contributed by atoms with E-state index in [4.69, 9.17) is 0 Å². The van der Waals surface area contributed by atoms with Crippen molar-refractivity contribution in [3.05, 3.63) is 28.7 Å². The Balaban J connectivity index is 2.36.